The lowest BCUT2D eigenvalue weighted by atomic mass is 10.1. The van der Waals surface area contributed by atoms with Crippen molar-refractivity contribution in [2.45, 2.75) is 18.9 Å². The second kappa shape index (κ2) is 5.90. The van der Waals surface area contributed by atoms with Gasteiger partial charge in [0.25, 0.3) is 0 Å². The van der Waals surface area contributed by atoms with Crippen LogP contribution in [0, 0.1) is 0 Å². The second-order valence-electron chi connectivity index (χ2n) is 5.26. The number of aliphatic carboxylic acids is 2. The third-order valence-electron chi connectivity index (χ3n) is 3.90. The Kier molecular flexibility index (Phi) is 4.08. The number of carboxylic acid groups (broad SMARTS) is 2. The van der Waals surface area contributed by atoms with Crippen LogP contribution >= 0.6 is 28.1 Å². The summed E-state index contributed by atoms with van der Waals surface area (Å²) in [5.74, 6) is -2.11. The van der Waals surface area contributed by atoms with Gasteiger partial charge in [-0.15, -0.1) is 0 Å². The van der Waals surface area contributed by atoms with Crippen molar-refractivity contribution in [2.24, 2.45) is 0 Å². The number of hydrogen-bond donors (Lipinski definition) is 2. The third kappa shape index (κ3) is 2.60. The van der Waals surface area contributed by atoms with E-state index in [0.29, 0.717) is 10.7 Å². The number of halogens is 1. The molecule has 2 aromatic rings. The topological polar surface area (TPSA) is 77.8 Å². The SMILES string of the molecule is O=C(O)CCC(C(=O)O)N1C(=S)c2ccc(Br)c3cccc1c23. The van der Waals surface area contributed by atoms with Crippen LogP contribution in [0.2, 0.25) is 0 Å². The van der Waals surface area contributed by atoms with Crippen molar-refractivity contribution in [3.63, 3.8) is 0 Å². The lowest BCUT2D eigenvalue weighted by molar-refractivity contribution is -0.139. The molecule has 0 bridgehead atoms. The van der Waals surface area contributed by atoms with E-state index >= 15 is 0 Å². The van der Waals surface area contributed by atoms with E-state index in [4.69, 9.17) is 17.3 Å². The Labute approximate surface area is 145 Å². The van der Waals surface area contributed by atoms with Gasteiger partial charge in [0.15, 0.2) is 0 Å². The van der Waals surface area contributed by atoms with Gasteiger partial charge in [-0.25, -0.2) is 4.79 Å². The van der Waals surface area contributed by atoms with E-state index in [-0.39, 0.29) is 12.8 Å². The molecule has 0 aromatic heterocycles. The van der Waals surface area contributed by atoms with E-state index < -0.39 is 18.0 Å². The van der Waals surface area contributed by atoms with E-state index in [1.165, 1.54) is 0 Å². The summed E-state index contributed by atoms with van der Waals surface area (Å²) in [7, 11) is 0. The molecule has 3 rings (SSSR count). The van der Waals surface area contributed by atoms with Gasteiger partial charge in [-0.3, -0.25) is 4.79 Å². The van der Waals surface area contributed by atoms with E-state index in [9.17, 15) is 14.7 Å². The number of hydrogen-bond acceptors (Lipinski definition) is 3. The molecule has 7 heteroatoms. The predicted octanol–water partition coefficient (Wildman–Crippen LogP) is 3.42. The van der Waals surface area contributed by atoms with Gasteiger partial charge in [0.1, 0.15) is 11.0 Å². The van der Waals surface area contributed by atoms with Crippen LogP contribution in [0.25, 0.3) is 10.8 Å². The van der Waals surface area contributed by atoms with E-state index in [2.05, 4.69) is 15.9 Å². The Hall–Kier alpha value is -1.99. The van der Waals surface area contributed by atoms with Crippen molar-refractivity contribution in [3.05, 3.63) is 40.4 Å². The summed E-state index contributed by atoms with van der Waals surface area (Å²) in [6.45, 7) is 0. The van der Waals surface area contributed by atoms with Crippen molar-refractivity contribution in [1.82, 2.24) is 0 Å². The molecule has 1 heterocycles. The van der Waals surface area contributed by atoms with E-state index in [1.54, 1.807) is 4.90 Å². The maximum Gasteiger partial charge on any atom is 0.326 e. The number of carbonyl (C=O) groups is 2. The molecule has 1 unspecified atom stereocenters. The lowest BCUT2D eigenvalue weighted by Gasteiger charge is -2.27. The quantitative estimate of drug-likeness (QED) is 0.757. The van der Waals surface area contributed by atoms with Gasteiger partial charge in [0.2, 0.25) is 0 Å². The van der Waals surface area contributed by atoms with Gasteiger partial charge >= 0.3 is 11.9 Å². The van der Waals surface area contributed by atoms with Gasteiger partial charge in [-0.1, -0.05) is 46.3 Å². The fourth-order valence-corrected chi connectivity index (χ4v) is 3.76. The minimum atomic E-state index is -1.09. The third-order valence-corrected chi connectivity index (χ3v) is 5.01. The zero-order valence-electron chi connectivity index (χ0n) is 11.8. The van der Waals surface area contributed by atoms with Crippen LogP contribution in [0.3, 0.4) is 0 Å². The van der Waals surface area contributed by atoms with Crippen LogP contribution in [0.4, 0.5) is 5.69 Å². The lowest BCUT2D eigenvalue weighted by Crippen LogP contribution is -2.43. The van der Waals surface area contributed by atoms with Crippen LogP contribution in [0.15, 0.2) is 34.8 Å². The number of nitrogens with zero attached hydrogens (tertiary/aromatic N) is 1. The van der Waals surface area contributed by atoms with Gasteiger partial charge in [-0.05, 0) is 23.9 Å². The predicted molar refractivity (Wildman–Crippen MR) is 94.1 cm³/mol. The molecule has 0 saturated heterocycles. The van der Waals surface area contributed by atoms with Crippen LogP contribution in [0.5, 0.6) is 0 Å². The van der Waals surface area contributed by atoms with E-state index in [1.807, 2.05) is 30.3 Å². The molecule has 1 atom stereocenters. The Bertz CT molecular complexity index is 851. The molecule has 0 fully saturated rings. The maximum atomic E-state index is 11.7. The summed E-state index contributed by atoms with van der Waals surface area (Å²) in [5.41, 5.74) is 1.51. The minimum absolute atomic E-state index is 0.0175. The molecule has 1 aliphatic heterocycles. The number of rotatable bonds is 5. The smallest absolute Gasteiger partial charge is 0.326 e. The number of anilines is 1. The van der Waals surface area contributed by atoms with Crippen molar-refractivity contribution in [1.29, 1.82) is 0 Å². The first-order chi connectivity index (χ1) is 10.9. The molecule has 0 aliphatic carbocycles. The normalized spacial score (nSPS) is 14.3. The summed E-state index contributed by atoms with van der Waals surface area (Å²) in [6, 6.07) is 8.32. The first-order valence-corrected chi connectivity index (χ1v) is 8.11. The molecular formula is C16H12BrNO4S. The van der Waals surface area contributed by atoms with Gasteiger partial charge in [0.05, 0.1) is 5.69 Å². The van der Waals surface area contributed by atoms with Crippen molar-refractivity contribution in [2.75, 3.05) is 4.90 Å². The van der Waals surface area contributed by atoms with Crippen molar-refractivity contribution < 1.29 is 19.8 Å². The average molecular weight is 394 g/mol. The number of thiocarbonyl (C=S) groups is 1. The van der Waals surface area contributed by atoms with Gasteiger partial charge in [-0.2, -0.15) is 0 Å². The molecule has 2 N–H and O–H groups in total. The highest BCUT2D eigenvalue weighted by Gasteiger charge is 2.36. The number of benzene rings is 2. The van der Waals surface area contributed by atoms with Crippen molar-refractivity contribution in [3.8, 4) is 0 Å². The Morgan fingerprint density at radius 1 is 1.22 bits per heavy atom. The first-order valence-electron chi connectivity index (χ1n) is 6.91. The zero-order chi connectivity index (χ0) is 16.7. The molecule has 0 amide bonds. The summed E-state index contributed by atoms with van der Waals surface area (Å²) in [5, 5.41) is 20.3. The monoisotopic (exact) mass is 393 g/mol. The highest BCUT2D eigenvalue weighted by atomic mass is 79.9. The second-order valence-corrected chi connectivity index (χ2v) is 6.50. The molecule has 2 aromatic carbocycles. The fraction of sp³-hybridized carbons (Fsp3) is 0.188. The molecule has 5 nitrogen and oxygen atoms in total. The zero-order valence-corrected chi connectivity index (χ0v) is 14.2. The number of carboxylic acids is 2. The summed E-state index contributed by atoms with van der Waals surface area (Å²) in [6.07, 6.45) is -0.248. The Balaban J connectivity index is 2.13. The van der Waals surface area contributed by atoms with Gasteiger partial charge < -0.3 is 15.1 Å². The maximum absolute atomic E-state index is 11.7. The summed E-state index contributed by atoms with van der Waals surface area (Å²) >= 11 is 8.97. The minimum Gasteiger partial charge on any atom is -0.481 e. The Morgan fingerprint density at radius 2 is 1.96 bits per heavy atom. The molecule has 1 aliphatic rings. The largest absolute Gasteiger partial charge is 0.481 e. The van der Waals surface area contributed by atoms with Crippen LogP contribution in [0.1, 0.15) is 18.4 Å². The van der Waals surface area contributed by atoms with Crippen LogP contribution in [-0.4, -0.2) is 33.2 Å². The highest BCUT2D eigenvalue weighted by Crippen LogP contribution is 2.42. The summed E-state index contributed by atoms with van der Waals surface area (Å²) in [4.78, 5) is 24.5. The molecule has 23 heavy (non-hydrogen) atoms. The van der Waals surface area contributed by atoms with Gasteiger partial charge in [0, 0.05) is 21.8 Å². The molecule has 0 spiro atoms. The molecule has 118 valence electrons. The van der Waals surface area contributed by atoms with E-state index in [0.717, 1.165) is 20.8 Å². The Morgan fingerprint density at radius 3 is 2.61 bits per heavy atom. The standard InChI is InChI=1S/C16H12BrNO4S/c17-10-5-4-9-14-8(10)2-1-3-11(14)18(15(9)23)12(16(21)22)6-7-13(19)20/h1-5,12H,6-7H2,(H,19,20)(H,21,22). The average Bonchev–Trinajstić information content (AvgIpc) is 2.77. The van der Waals surface area contributed by atoms with Crippen LogP contribution < -0.4 is 4.90 Å². The van der Waals surface area contributed by atoms with Crippen LogP contribution in [-0.2, 0) is 9.59 Å². The highest BCUT2D eigenvalue weighted by molar-refractivity contribution is 9.10. The summed E-state index contributed by atoms with van der Waals surface area (Å²) < 4.78 is 0.903. The van der Waals surface area contributed by atoms with Crippen molar-refractivity contribution >= 4 is 61.5 Å². The molecule has 0 radical (unpaired) electrons. The first kappa shape index (κ1) is 15.9. The fourth-order valence-electron chi connectivity index (χ4n) is 2.90. The molecule has 0 saturated carbocycles. The molecular weight excluding hydrogens is 382 g/mol.